The van der Waals surface area contributed by atoms with Gasteiger partial charge in [0.15, 0.2) is 0 Å². The molecule has 0 fully saturated rings. The van der Waals surface area contributed by atoms with Gasteiger partial charge in [0.25, 0.3) is 11.8 Å². The molecule has 0 saturated carbocycles. The highest BCUT2D eigenvalue weighted by molar-refractivity contribution is 6.32. The van der Waals surface area contributed by atoms with E-state index in [4.69, 9.17) is 4.74 Å². The molecular formula is C21H21N3O3. The average molecular weight is 363 g/mol. The minimum atomic E-state index is -0.303. The predicted octanol–water partition coefficient (Wildman–Crippen LogP) is 2.74. The smallest absolute Gasteiger partial charge is 0.259 e. The van der Waals surface area contributed by atoms with Crippen molar-refractivity contribution in [1.29, 1.82) is 0 Å². The Labute approximate surface area is 156 Å². The van der Waals surface area contributed by atoms with Crippen LogP contribution in [-0.4, -0.2) is 30.0 Å². The third kappa shape index (κ3) is 2.04. The molecular weight excluding hydrogens is 342 g/mol. The number of nitrogens with one attached hydrogen (secondary N) is 2. The highest BCUT2D eigenvalue weighted by Gasteiger charge is 2.37. The zero-order chi connectivity index (χ0) is 18.7. The maximum atomic E-state index is 12.8. The van der Waals surface area contributed by atoms with Crippen LogP contribution in [-0.2, 0) is 19.5 Å². The highest BCUT2D eigenvalue weighted by Crippen LogP contribution is 2.45. The third-order valence-corrected chi connectivity index (χ3v) is 5.78. The van der Waals surface area contributed by atoms with Gasteiger partial charge in [0.1, 0.15) is 5.75 Å². The molecule has 2 amide bonds. The molecule has 0 unspecified atom stereocenters. The number of aryl methyl sites for hydroxylation is 1. The van der Waals surface area contributed by atoms with Gasteiger partial charge in [-0.05, 0) is 49.1 Å². The fraction of sp³-hybridized carbons (Fsp3) is 0.333. The van der Waals surface area contributed by atoms with Crippen molar-refractivity contribution in [3.63, 3.8) is 0 Å². The van der Waals surface area contributed by atoms with E-state index in [-0.39, 0.29) is 11.8 Å². The number of aromatic nitrogens is 1. The third-order valence-electron chi connectivity index (χ3n) is 5.78. The van der Waals surface area contributed by atoms with Crippen molar-refractivity contribution in [3.05, 3.63) is 40.5 Å². The fourth-order valence-electron chi connectivity index (χ4n) is 4.75. The zero-order valence-electron chi connectivity index (χ0n) is 15.4. The molecule has 0 saturated heterocycles. The monoisotopic (exact) mass is 363 g/mol. The normalized spacial score (nSPS) is 15.5. The Morgan fingerprint density at radius 3 is 2.67 bits per heavy atom. The van der Waals surface area contributed by atoms with Crippen molar-refractivity contribution in [2.75, 3.05) is 13.7 Å². The number of hydrogen-bond acceptors (Lipinski definition) is 4. The molecule has 1 aliphatic heterocycles. The van der Waals surface area contributed by atoms with Crippen LogP contribution >= 0.6 is 0 Å². The van der Waals surface area contributed by atoms with Crippen LogP contribution in [0, 0.1) is 0 Å². The Bertz CT molecular complexity index is 1140. The first-order chi connectivity index (χ1) is 13.2. The number of carbonyl (C=O) groups excluding carboxylic acids is 2. The second-order valence-electron chi connectivity index (χ2n) is 7.11. The van der Waals surface area contributed by atoms with Gasteiger partial charge in [-0.2, -0.15) is 0 Å². The van der Waals surface area contributed by atoms with E-state index in [9.17, 15) is 9.59 Å². The second kappa shape index (κ2) is 5.82. The van der Waals surface area contributed by atoms with Gasteiger partial charge >= 0.3 is 0 Å². The summed E-state index contributed by atoms with van der Waals surface area (Å²) in [5, 5.41) is 7.67. The maximum Gasteiger partial charge on any atom is 0.259 e. The lowest BCUT2D eigenvalue weighted by Gasteiger charge is -2.13. The summed E-state index contributed by atoms with van der Waals surface area (Å²) in [5.74, 6) is 0.153. The molecule has 2 aliphatic rings. The topological polar surface area (TPSA) is 72.4 Å². The Balaban J connectivity index is 2.04. The van der Waals surface area contributed by atoms with Crippen molar-refractivity contribution < 1.29 is 14.3 Å². The van der Waals surface area contributed by atoms with Gasteiger partial charge in [0.05, 0.1) is 41.3 Å². The van der Waals surface area contributed by atoms with Gasteiger partial charge in [-0.25, -0.2) is 0 Å². The lowest BCUT2D eigenvalue weighted by molar-refractivity contribution is 0.0880. The van der Waals surface area contributed by atoms with Crippen molar-refractivity contribution in [3.8, 4) is 5.75 Å². The number of amides is 2. The Kier molecular flexibility index (Phi) is 3.52. The number of hydrogen-bond donors (Lipinski definition) is 2. The molecule has 0 bridgehead atoms. The Morgan fingerprint density at radius 1 is 1.11 bits per heavy atom. The van der Waals surface area contributed by atoms with Gasteiger partial charge in [0, 0.05) is 5.39 Å². The lowest BCUT2D eigenvalue weighted by Crippen LogP contribution is -2.20. The second-order valence-corrected chi connectivity index (χ2v) is 7.11. The van der Waals surface area contributed by atoms with Crippen molar-refractivity contribution in [1.82, 2.24) is 15.2 Å². The highest BCUT2D eigenvalue weighted by atomic mass is 16.5. The summed E-state index contributed by atoms with van der Waals surface area (Å²) >= 11 is 0. The van der Waals surface area contributed by atoms with Crippen molar-refractivity contribution in [2.24, 2.45) is 0 Å². The summed E-state index contributed by atoms with van der Waals surface area (Å²) in [4.78, 5) is 25.3. The van der Waals surface area contributed by atoms with E-state index in [0.29, 0.717) is 17.8 Å². The van der Waals surface area contributed by atoms with Gasteiger partial charge in [-0.3, -0.25) is 20.2 Å². The van der Waals surface area contributed by atoms with Crippen LogP contribution in [0.2, 0.25) is 0 Å². The van der Waals surface area contributed by atoms with Crippen LogP contribution in [0.3, 0.4) is 0 Å². The van der Waals surface area contributed by atoms with Crippen LogP contribution in [0.5, 0.6) is 5.75 Å². The molecule has 2 heterocycles. The van der Waals surface area contributed by atoms with Gasteiger partial charge in [-0.15, -0.1) is 0 Å². The van der Waals surface area contributed by atoms with Gasteiger partial charge in [0.2, 0.25) is 0 Å². The van der Waals surface area contributed by atoms with Gasteiger partial charge < -0.3 is 9.30 Å². The number of rotatable bonds is 4. The Hall–Kier alpha value is -2.86. The minimum Gasteiger partial charge on any atom is -0.496 e. The summed E-state index contributed by atoms with van der Waals surface area (Å²) < 4.78 is 7.88. The quantitative estimate of drug-likeness (QED) is 0.699. The van der Waals surface area contributed by atoms with E-state index in [1.54, 1.807) is 7.11 Å². The number of carbonyl (C=O) groups is 2. The Morgan fingerprint density at radius 2 is 1.89 bits per heavy atom. The SMILES string of the molecule is CCNCn1c2cccc(OC)c2c2c3c(c4c(c21)CCC4)C(=O)NC3=O. The average Bonchev–Trinajstić information content (AvgIpc) is 3.34. The molecule has 2 aromatic carbocycles. The predicted molar refractivity (Wildman–Crippen MR) is 103 cm³/mol. The molecule has 6 nitrogen and oxygen atoms in total. The number of imide groups is 1. The van der Waals surface area contributed by atoms with E-state index >= 15 is 0 Å². The first kappa shape index (κ1) is 16.3. The molecule has 0 spiro atoms. The lowest BCUT2D eigenvalue weighted by atomic mass is 9.93. The maximum absolute atomic E-state index is 12.8. The van der Waals surface area contributed by atoms with Gasteiger partial charge in [-0.1, -0.05) is 13.0 Å². The molecule has 0 atom stereocenters. The number of methoxy groups -OCH3 is 1. The van der Waals surface area contributed by atoms with Crippen molar-refractivity contribution >= 4 is 33.6 Å². The van der Waals surface area contributed by atoms with Crippen LogP contribution in [0.15, 0.2) is 18.2 Å². The first-order valence-electron chi connectivity index (χ1n) is 9.40. The standard InChI is InChI=1S/C21H21N3O3/c1-3-22-10-24-13-8-5-9-14(27-2)16(13)17-18-15(20(25)23-21(18)26)11-6-4-7-12(11)19(17)24/h5,8-9,22H,3-4,6-7,10H2,1-2H3,(H,23,25,26). The van der Waals surface area contributed by atoms with Crippen molar-refractivity contribution in [2.45, 2.75) is 32.9 Å². The van der Waals surface area contributed by atoms with E-state index in [0.717, 1.165) is 58.9 Å². The van der Waals surface area contributed by atoms with Crippen LogP contribution < -0.4 is 15.4 Å². The number of benzene rings is 2. The molecule has 1 aromatic heterocycles. The molecule has 3 aromatic rings. The van der Waals surface area contributed by atoms with E-state index in [1.807, 2.05) is 12.1 Å². The molecule has 27 heavy (non-hydrogen) atoms. The molecule has 138 valence electrons. The first-order valence-corrected chi connectivity index (χ1v) is 9.40. The summed E-state index contributed by atoms with van der Waals surface area (Å²) in [6.45, 7) is 3.56. The summed E-state index contributed by atoms with van der Waals surface area (Å²) in [7, 11) is 1.64. The fourth-order valence-corrected chi connectivity index (χ4v) is 4.75. The van der Waals surface area contributed by atoms with E-state index in [1.165, 1.54) is 5.56 Å². The summed E-state index contributed by atoms with van der Waals surface area (Å²) in [6, 6.07) is 5.93. The molecule has 6 heteroatoms. The zero-order valence-corrected chi connectivity index (χ0v) is 15.4. The van der Waals surface area contributed by atoms with E-state index in [2.05, 4.69) is 28.2 Å². The van der Waals surface area contributed by atoms with E-state index < -0.39 is 0 Å². The van der Waals surface area contributed by atoms with Crippen LogP contribution in [0.25, 0.3) is 21.8 Å². The number of ether oxygens (including phenoxy) is 1. The number of nitrogens with zero attached hydrogens (tertiary/aromatic N) is 1. The number of fused-ring (bicyclic) bond motifs is 8. The summed E-state index contributed by atoms with van der Waals surface area (Å²) in [6.07, 6.45) is 2.77. The molecule has 1 aliphatic carbocycles. The molecule has 2 N–H and O–H groups in total. The van der Waals surface area contributed by atoms with Crippen LogP contribution in [0.4, 0.5) is 0 Å². The summed E-state index contributed by atoms with van der Waals surface area (Å²) in [5.41, 5.74) is 5.41. The van der Waals surface area contributed by atoms with Crippen LogP contribution in [0.1, 0.15) is 45.2 Å². The molecule has 5 rings (SSSR count). The minimum absolute atomic E-state index is 0.266. The molecule has 0 radical (unpaired) electrons. The largest absolute Gasteiger partial charge is 0.496 e.